The van der Waals surface area contributed by atoms with Gasteiger partial charge in [0.2, 0.25) is 0 Å². The van der Waals surface area contributed by atoms with Crippen molar-refractivity contribution < 1.29 is 4.52 Å². The fraction of sp³-hybridized carbons (Fsp3) is 0.750. The summed E-state index contributed by atoms with van der Waals surface area (Å²) >= 11 is 0. The van der Waals surface area contributed by atoms with Crippen molar-refractivity contribution in [1.29, 1.82) is 0 Å². The predicted molar refractivity (Wildman–Crippen MR) is 57.3 cm³/mol. The first kappa shape index (κ1) is 9.40. The fourth-order valence-electron chi connectivity index (χ4n) is 2.67. The Morgan fingerprint density at radius 2 is 2.40 bits per heavy atom. The molecule has 2 aliphatic rings. The molecule has 1 atom stereocenters. The molecule has 0 bridgehead atoms. The first-order valence-corrected chi connectivity index (χ1v) is 5.79. The second kappa shape index (κ2) is 3.08. The van der Waals surface area contributed by atoms with Gasteiger partial charge in [0.1, 0.15) is 5.76 Å². The van der Waals surface area contributed by atoms with Crippen LogP contribution in [0.15, 0.2) is 10.6 Å². The van der Waals surface area contributed by atoms with Crippen molar-refractivity contribution in [2.45, 2.75) is 32.7 Å². The molecule has 3 rings (SSSR count). The van der Waals surface area contributed by atoms with Crippen LogP contribution in [0, 0.1) is 18.3 Å². The molecule has 0 aliphatic heterocycles. The number of hydrogen-bond acceptors (Lipinski definition) is 3. The summed E-state index contributed by atoms with van der Waals surface area (Å²) in [5.74, 6) is 1.87. The molecule has 0 unspecified atom stereocenters. The Labute approximate surface area is 90.4 Å². The summed E-state index contributed by atoms with van der Waals surface area (Å²) < 4.78 is 5.06. The van der Waals surface area contributed by atoms with E-state index in [4.69, 9.17) is 4.52 Å². The first-order valence-electron chi connectivity index (χ1n) is 5.79. The summed E-state index contributed by atoms with van der Waals surface area (Å²) in [6.07, 6.45) is 4.43. The molecular formula is C12H18N2O. The highest BCUT2D eigenvalue weighted by atomic mass is 16.5. The maximum atomic E-state index is 5.06. The molecule has 0 amide bonds. The lowest BCUT2D eigenvalue weighted by atomic mass is 10.2. The van der Waals surface area contributed by atoms with Crippen LogP contribution >= 0.6 is 0 Å². The summed E-state index contributed by atoms with van der Waals surface area (Å²) in [7, 11) is 2.18. The smallest absolute Gasteiger partial charge is 0.133 e. The van der Waals surface area contributed by atoms with Crippen molar-refractivity contribution in [3.05, 3.63) is 17.5 Å². The van der Waals surface area contributed by atoms with E-state index in [2.05, 4.69) is 17.1 Å². The van der Waals surface area contributed by atoms with Gasteiger partial charge in [0.05, 0.1) is 5.69 Å². The maximum absolute atomic E-state index is 5.06. The van der Waals surface area contributed by atoms with Crippen molar-refractivity contribution in [1.82, 2.24) is 10.1 Å². The average Bonchev–Trinajstić information content (AvgIpc) is 3.03. The van der Waals surface area contributed by atoms with Gasteiger partial charge in [-0.2, -0.15) is 0 Å². The van der Waals surface area contributed by atoms with Crippen LogP contribution in [0.4, 0.5) is 0 Å². The highest BCUT2D eigenvalue weighted by molar-refractivity contribution is 5.13. The monoisotopic (exact) mass is 206 g/mol. The molecule has 2 fully saturated rings. The third kappa shape index (κ3) is 1.81. The first-order chi connectivity index (χ1) is 7.18. The number of aryl methyl sites for hydroxylation is 1. The summed E-state index contributed by atoms with van der Waals surface area (Å²) in [6, 6.07) is 2.02. The minimum atomic E-state index is 0.813. The van der Waals surface area contributed by atoms with Gasteiger partial charge in [-0.25, -0.2) is 0 Å². The highest BCUT2D eigenvalue weighted by Gasteiger charge is 2.62. The maximum Gasteiger partial charge on any atom is 0.133 e. The van der Waals surface area contributed by atoms with Crippen LogP contribution in [0.25, 0.3) is 0 Å². The van der Waals surface area contributed by atoms with Crippen molar-refractivity contribution in [2.24, 2.45) is 11.3 Å². The fourth-order valence-corrected chi connectivity index (χ4v) is 2.67. The Hall–Kier alpha value is -0.830. The van der Waals surface area contributed by atoms with Gasteiger partial charge in [0, 0.05) is 19.2 Å². The predicted octanol–water partition coefficient (Wildman–Crippen LogP) is 2.21. The lowest BCUT2D eigenvalue weighted by Crippen LogP contribution is -2.21. The van der Waals surface area contributed by atoms with E-state index in [1.807, 2.05) is 13.0 Å². The molecule has 0 aromatic carbocycles. The molecule has 0 N–H and O–H groups in total. The molecule has 1 spiro atoms. The normalized spacial score (nSPS) is 26.2. The van der Waals surface area contributed by atoms with E-state index in [0.717, 1.165) is 29.3 Å². The van der Waals surface area contributed by atoms with Gasteiger partial charge in [0.15, 0.2) is 0 Å². The van der Waals surface area contributed by atoms with Gasteiger partial charge in [0.25, 0.3) is 0 Å². The van der Waals surface area contributed by atoms with Crippen LogP contribution in [0.1, 0.15) is 30.7 Å². The van der Waals surface area contributed by atoms with Crippen LogP contribution in [-0.4, -0.2) is 23.6 Å². The van der Waals surface area contributed by atoms with Gasteiger partial charge in [-0.3, -0.25) is 0 Å². The van der Waals surface area contributed by atoms with E-state index in [1.54, 1.807) is 0 Å². The SMILES string of the molecule is Cc1cc(CN(C)C[C@H]2CC23CC3)no1. The zero-order chi connectivity index (χ0) is 10.5. The molecular weight excluding hydrogens is 188 g/mol. The van der Waals surface area contributed by atoms with Crippen LogP contribution in [0.2, 0.25) is 0 Å². The molecule has 1 heterocycles. The van der Waals surface area contributed by atoms with Crippen molar-refractivity contribution in [3.8, 4) is 0 Å². The van der Waals surface area contributed by atoms with E-state index in [9.17, 15) is 0 Å². The molecule has 82 valence electrons. The van der Waals surface area contributed by atoms with Crippen molar-refractivity contribution in [2.75, 3.05) is 13.6 Å². The molecule has 1 aromatic heterocycles. The molecule has 0 saturated heterocycles. The minimum absolute atomic E-state index is 0.813. The molecule has 15 heavy (non-hydrogen) atoms. The van der Waals surface area contributed by atoms with Gasteiger partial charge >= 0.3 is 0 Å². The molecule has 2 saturated carbocycles. The lowest BCUT2D eigenvalue weighted by molar-refractivity contribution is 0.291. The second-order valence-corrected chi connectivity index (χ2v) is 5.39. The number of rotatable bonds is 4. The molecule has 1 aromatic rings. The second-order valence-electron chi connectivity index (χ2n) is 5.39. The van der Waals surface area contributed by atoms with Gasteiger partial charge in [-0.1, -0.05) is 5.16 Å². The van der Waals surface area contributed by atoms with E-state index in [1.165, 1.54) is 25.8 Å². The lowest BCUT2D eigenvalue weighted by Gasteiger charge is -2.14. The molecule has 0 radical (unpaired) electrons. The van der Waals surface area contributed by atoms with Crippen LogP contribution in [-0.2, 0) is 6.54 Å². The Kier molecular flexibility index (Phi) is 1.93. The Balaban J connectivity index is 1.50. The summed E-state index contributed by atoms with van der Waals surface area (Å²) in [4.78, 5) is 2.37. The third-order valence-electron chi connectivity index (χ3n) is 3.89. The summed E-state index contributed by atoms with van der Waals surface area (Å²) in [5, 5.41) is 4.02. The van der Waals surface area contributed by atoms with E-state index in [0.29, 0.717) is 0 Å². The third-order valence-corrected chi connectivity index (χ3v) is 3.89. The van der Waals surface area contributed by atoms with Gasteiger partial charge in [-0.15, -0.1) is 0 Å². The number of aromatic nitrogens is 1. The van der Waals surface area contributed by atoms with Gasteiger partial charge < -0.3 is 9.42 Å². The Morgan fingerprint density at radius 3 is 2.93 bits per heavy atom. The van der Waals surface area contributed by atoms with Crippen molar-refractivity contribution >= 4 is 0 Å². The van der Waals surface area contributed by atoms with Crippen LogP contribution in [0.3, 0.4) is 0 Å². The molecule has 3 nitrogen and oxygen atoms in total. The van der Waals surface area contributed by atoms with E-state index in [-0.39, 0.29) is 0 Å². The number of hydrogen-bond donors (Lipinski definition) is 0. The Bertz CT molecular complexity index is 367. The topological polar surface area (TPSA) is 29.3 Å². The van der Waals surface area contributed by atoms with Crippen LogP contribution < -0.4 is 0 Å². The van der Waals surface area contributed by atoms with Crippen molar-refractivity contribution in [3.63, 3.8) is 0 Å². The molecule has 3 heteroatoms. The summed E-state index contributed by atoms with van der Waals surface area (Å²) in [5.41, 5.74) is 1.87. The minimum Gasteiger partial charge on any atom is -0.361 e. The quantitative estimate of drug-likeness (QED) is 0.756. The zero-order valence-corrected chi connectivity index (χ0v) is 9.49. The largest absolute Gasteiger partial charge is 0.361 e. The standard InChI is InChI=1S/C12H18N2O/c1-9-5-11(13-15-9)8-14(2)7-10-6-12(10)3-4-12/h5,10H,3-4,6-8H2,1-2H3/t10-/m1/s1. The van der Waals surface area contributed by atoms with E-state index >= 15 is 0 Å². The van der Waals surface area contributed by atoms with Crippen LogP contribution in [0.5, 0.6) is 0 Å². The summed E-state index contributed by atoms with van der Waals surface area (Å²) in [6.45, 7) is 4.09. The number of nitrogens with zero attached hydrogens (tertiary/aromatic N) is 2. The zero-order valence-electron chi connectivity index (χ0n) is 9.49. The van der Waals surface area contributed by atoms with Gasteiger partial charge in [-0.05, 0) is 44.6 Å². The Morgan fingerprint density at radius 1 is 1.60 bits per heavy atom. The molecule has 2 aliphatic carbocycles. The van der Waals surface area contributed by atoms with E-state index < -0.39 is 0 Å². The average molecular weight is 206 g/mol. The highest BCUT2D eigenvalue weighted by Crippen LogP contribution is 2.70.